The van der Waals surface area contributed by atoms with Crippen molar-refractivity contribution in [2.24, 2.45) is 22.7 Å². The number of hydrogen-bond donors (Lipinski definition) is 1. The van der Waals surface area contributed by atoms with Gasteiger partial charge in [-0.3, -0.25) is 14.6 Å². The van der Waals surface area contributed by atoms with Crippen LogP contribution in [0.1, 0.15) is 78.9 Å². The van der Waals surface area contributed by atoms with E-state index in [1.807, 2.05) is 20.8 Å². The molecule has 10 nitrogen and oxygen atoms in total. The van der Waals surface area contributed by atoms with Gasteiger partial charge in [0.25, 0.3) is 0 Å². The van der Waals surface area contributed by atoms with E-state index in [1.165, 1.54) is 13.8 Å². The molecule has 2 aromatic rings. The van der Waals surface area contributed by atoms with Crippen molar-refractivity contribution in [3.8, 4) is 17.1 Å². The number of carbonyl (C=O) groups is 2. The molecule has 3 heterocycles. The van der Waals surface area contributed by atoms with Crippen LogP contribution < -0.4 is 10.4 Å². The van der Waals surface area contributed by atoms with Gasteiger partial charge in [-0.05, 0) is 56.1 Å². The van der Waals surface area contributed by atoms with Crippen molar-refractivity contribution < 1.29 is 38.1 Å². The highest BCUT2D eigenvalue weighted by Gasteiger charge is 2.70. The zero-order chi connectivity index (χ0) is 30.4. The number of fused-ring (bicyclic) bond motifs is 4. The van der Waals surface area contributed by atoms with Gasteiger partial charge in [0.05, 0.1) is 18.8 Å². The summed E-state index contributed by atoms with van der Waals surface area (Å²) < 4.78 is 30.3. The number of rotatable bonds is 7. The van der Waals surface area contributed by atoms with Gasteiger partial charge in [0.1, 0.15) is 28.8 Å². The molecular weight excluding hydrogens is 542 g/mol. The van der Waals surface area contributed by atoms with Crippen LogP contribution in [0.3, 0.4) is 0 Å². The number of carbonyl (C=O) groups excluding carboxylic acids is 2. The molecule has 228 valence electrons. The maximum atomic E-state index is 13.5. The molecule has 2 saturated carbocycles. The maximum Gasteiger partial charge on any atom is 0.345 e. The minimum absolute atomic E-state index is 0.0413. The predicted molar refractivity (Wildman–Crippen MR) is 151 cm³/mol. The van der Waals surface area contributed by atoms with Gasteiger partial charge in [-0.1, -0.05) is 20.8 Å². The molecule has 0 aromatic carbocycles. The molecule has 5 rings (SSSR count). The largest absolute Gasteiger partial charge is 0.482 e. The fourth-order valence-corrected chi connectivity index (χ4v) is 8.18. The second kappa shape index (κ2) is 11.1. The molecule has 0 amide bonds. The first-order valence-electron chi connectivity index (χ1n) is 14.7. The lowest BCUT2D eigenvalue weighted by atomic mass is 9.42. The fraction of sp³-hybridized carbons (Fsp3) is 0.625. The van der Waals surface area contributed by atoms with Gasteiger partial charge in [0.2, 0.25) is 0 Å². The van der Waals surface area contributed by atoms with Crippen LogP contribution in [0.15, 0.2) is 39.8 Å². The van der Waals surface area contributed by atoms with E-state index in [0.717, 1.165) is 6.42 Å². The Hall–Kier alpha value is -3.24. The SMILES string of the molecule is CCCO[C@H]1CC[C@@]2(C)C(C[C@H](OC(C)=O)[C@@]3(C)Oc4cc(-c5cccnc5)oc(=O)c4[C@H](O)C23)C1(C)COC(C)=O. The molecule has 2 fully saturated rings. The second-order valence-corrected chi connectivity index (χ2v) is 12.7. The number of ether oxygens (including phenoxy) is 4. The summed E-state index contributed by atoms with van der Waals surface area (Å²) >= 11 is 0. The minimum atomic E-state index is -1.27. The van der Waals surface area contributed by atoms with E-state index in [1.54, 1.807) is 30.6 Å². The highest BCUT2D eigenvalue weighted by molar-refractivity contribution is 5.66. The van der Waals surface area contributed by atoms with Crippen LogP contribution in [-0.2, 0) is 23.8 Å². The lowest BCUT2D eigenvalue weighted by molar-refractivity contribution is -0.272. The minimum Gasteiger partial charge on any atom is -0.482 e. The van der Waals surface area contributed by atoms with Crippen LogP contribution in [-0.4, -0.2) is 53.1 Å². The number of aliphatic hydroxyl groups excluding tert-OH is 1. The highest BCUT2D eigenvalue weighted by atomic mass is 16.6. The van der Waals surface area contributed by atoms with E-state index >= 15 is 0 Å². The van der Waals surface area contributed by atoms with Gasteiger partial charge >= 0.3 is 17.6 Å². The summed E-state index contributed by atoms with van der Waals surface area (Å²) in [6, 6.07) is 5.09. The molecule has 0 radical (unpaired) electrons. The maximum absolute atomic E-state index is 13.5. The highest BCUT2D eigenvalue weighted by Crippen LogP contribution is 2.67. The number of aliphatic hydroxyl groups is 1. The van der Waals surface area contributed by atoms with E-state index < -0.39 is 52.1 Å². The van der Waals surface area contributed by atoms with Crippen molar-refractivity contribution in [1.82, 2.24) is 4.98 Å². The number of hydrogen-bond acceptors (Lipinski definition) is 10. The topological polar surface area (TPSA) is 134 Å². The number of aromatic nitrogens is 1. The molecule has 2 aliphatic carbocycles. The molecule has 3 aliphatic rings. The summed E-state index contributed by atoms with van der Waals surface area (Å²) in [6.07, 6.45) is 3.47. The Morgan fingerprint density at radius 1 is 1.17 bits per heavy atom. The summed E-state index contributed by atoms with van der Waals surface area (Å²) in [4.78, 5) is 42.0. The third-order valence-corrected chi connectivity index (χ3v) is 9.95. The van der Waals surface area contributed by atoms with Crippen molar-refractivity contribution >= 4 is 11.9 Å². The van der Waals surface area contributed by atoms with Crippen LogP contribution in [0.2, 0.25) is 0 Å². The Morgan fingerprint density at radius 3 is 2.57 bits per heavy atom. The lowest BCUT2D eigenvalue weighted by Crippen LogP contribution is -2.71. The van der Waals surface area contributed by atoms with Crippen LogP contribution >= 0.6 is 0 Å². The number of pyridine rings is 1. The number of esters is 2. The fourth-order valence-electron chi connectivity index (χ4n) is 8.18. The van der Waals surface area contributed by atoms with Crippen molar-refractivity contribution in [1.29, 1.82) is 0 Å². The molecule has 1 aliphatic heterocycles. The Balaban J connectivity index is 1.65. The van der Waals surface area contributed by atoms with Gasteiger partial charge < -0.3 is 28.5 Å². The average molecular weight is 584 g/mol. The molecule has 0 spiro atoms. The van der Waals surface area contributed by atoms with Gasteiger partial charge in [-0.15, -0.1) is 0 Å². The summed E-state index contributed by atoms with van der Waals surface area (Å²) in [6.45, 7) is 11.4. The van der Waals surface area contributed by atoms with Crippen LogP contribution in [0.5, 0.6) is 5.75 Å². The molecule has 2 aromatic heterocycles. The Kier molecular flexibility index (Phi) is 8.00. The van der Waals surface area contributed by atoms with Crippen LogP contribution in [0, 0.1) is 22.7 Å². The Morgan fingerprint density at radius 2 is 1.93 bits per heavy atom. The molecule has 3 unspecified atom stereocenters. The van der Waals surface area contributed by atoms with Gasteiger partial charge in [-0.25, -0.2) is 4.79 Å². The average Bonchev–Trinajstić information content (AvgIpc) is 2.92. The summed E-state index contributed by atoms with van der Waals surface area (Å²) in [5.41, 5.74) is -2.53. The predicted octanol–water partition coefficient (Wildman–Crippen LogP) is 4.62. The van der Waals surface area contributed by atoms with E-state index in [9.17, 15) is 19.5 Å². The third-order valence-electron chi connectivity index (χ3n) is 9.95. The first-order chi connectivity index (χ1) is 19.8. The molecule has 0 bridgehead atoms. The zero-order valence-corrected chi connectivity index (χ0v) is 25.2. The first-order valence-corrected chi connectivity index (χ1v) is 14.7. The van der Waals surface area contributed by atoms with Crippen LogP contribution in [0.25, 0.3) is 11.3 Å². The molecule has 10 heteroatoms. The smallest absolute Gasteiger partial charge is 0.345 e. The van der Waals surface area contributed by atoms with E-state index in [4.69, 9.17) is 23.4 Å². The lowest BCUT2D eigenvalue weighted by Gasteiger charge is -2.66. The van der Waals surface area contributed by atoms with Crippen LogP contribution in [0.4, 0.5) is 0 Å². The van der Waals surface area contributed by atoms with Crippen molar-refractivity contribution in [3.05, 3.63) is 46.6 Å². The number of nitrogens with zero attached hydrogens (tertiary/aromatic N) is 1. The van der Waals surface area contributed by atoms with E-state index in [2.05, 4.69) is 11.9 Å². The van der Waals surface area contributed by atoms with E-state index in [0.29, 0.717) is 31.4 Å². The zero-order valence-electron chi connectivity index (χ0n) is 25.2. The quantitative estimate of drug-likeness (QED) is 0.460. The van der Waals surface area contributed by atoms with Crippen molar-refractivity contribution in [2.45, 2.75) is 91.1 Å². The molecule has 0 saturated heterocycles. The normalized spacial score (nSPS) is 35.2. The monoisotopic (exact) mass is 583 g/mol. The molecule has 1 N–H and O–H groups in total. The summed E-state index contributed by atoms with van der Waals surface area (Å²) in [5, 5.41) is 12.1. The van der Waals surface area contributed by atoms with Gasteiger partial charge in [-0.2, -0.15) is 0 Å². The summed E-state index contributed by atoms with van der Waals surface area (Å²) in [5.74, 6) is -1.30. The Labute approximate surface area is 245 Å². The Bertz CT molecular complexity index is 1390. The standard InChI is InChI=1S/C32H41NO9/c1-7-13-38-24-10-11-30(4)23(31(24,5)17-39-18(2)34)15-25(40-19(3)35)32(6)28(30)27(36)26-22(42-32)14-21(41-29(26)37)20-9-8-12-33-16-20/h8-9,12,14,16,23-25,27-28,36H,7,10-11,13,15,17H2,1-6H3/t23?,24-,25-,27-,28?,30-,31?,32+/m0/s1. The molecule has 42 heavy (non-hydrogen) atoms. The second-order valence-electron chi connectivity index (χ2n) is 12.7. The molecular formula is C32H41NO9. The molecule has 8 atom stereocenters. The first kappa shape index (κ1) is 30.2. The van der Waals surface area contributed by atoms with Crippen molar-refractivity contribution in [3.63, 3.8) is 0 Å². The van der Waals surface area contributed by atoms with Gasteiger partial charge in [0.15, 0.2) is 0 Å². The summed E-state index contributed by atoms with van der Waals surface area (Å²) in [7, 11) is 0. The third kappa shape index (κ3) is 4.92. The van der Waals surface area contributed by atoms with E-state index in [-0.39, 0.29) is 35.7 Å². The van der Waals surface area contributed by atoms with Crippen molar-refractivity contribution in [2.75, 3.05) is 13.2 Å². The van der Waals surface area contributed by atoms with Gasteiger partial charge in [0, 0.05) is 55.8 Å².